The lowest BCUT2D eigenvalue weighted by Crippen LogP contribution is -1.84. The Labute approximate surface area is 73.8 Å². The lowest BCUT2D eigenvalue weighted by Gasteiger charge is -1.96. The molecule has 0 rings (SSSR count). The summed E-state index contributed by atoms with van der Waals surface area (Å²) < 4.78 is 13.6. The van der Waals surface area contributed by atoms with Gasteiger partial charge in [-0.3, -0.25) is 0 Å². The van der Waals surface area contributed by atoms with Crippen LogP contribution >= 0.6 is 8.25 Å². The highest BCUT2D eigenvalue weighted by Crippen LogP contribution is 1.98. The first kappa shape index (κ1) is 14.1. The molecule has 0 aromatic heterocycles. The smallest absolute Gasteiger partial charge is 0.502 e. The molecule has 2 N–H and O–H groups in total. The Morgan fingerprint density at radius 3 is 2.33 bits per heavy atom. The minimum Gasteiger partial charge on any atom is -0.502 e. The van der Waals surface area contributed by atoms with Crippen LogP contribution in [-0.2, 0) is 9.30 Å². The van der Waals surface area contributed by atoms with Crippen LogP contribution in [0.3, 0.4) is 0 Å². The molecule has 0 aliphatic heterocycles. The van der Waals surface area contributed by atoms with Gasteiger partial charge in [0.1, 0.15) is 0 Å². The van der Waals surface area contributed by atoms with Crippen LogP contribution < -0.4 is 0 Å². The average Bonchev–Trinajstić information content (AvgIpc) is 1.97. The first-order valence-electron chi connectivity index (χ1n) is 3.72. The summed E-state index contributed by atoms with van der Waals surface area (Å²) in [5.74, 6) is 0. The molecule has 0 atom stereocenters. The summed E-state index contributed by atoms with van der Waals surface area (Å²) in [6.07, 6.45) is 5.16. The molecule has 5 heteroatoms. The van der Waals surface area contributed by atoms with Crippen LogP contribution in [0.2, 0.25) is 0 Å². The van der Waals surface area contributed by atoms with Gasteiger partial charge in [0.15, 0.2) is 0 Å². The Kier molecular flexibility index (Phi) is 15.5. The van der Waals surface area contributed by atoms with Crippen molar-refractivity contribution in [3.05, 3.63) is 12.8 Å². The maximum Gasteiger partial charge on any atom is 0.692 e. The molecule has 0 unspecified atom stereocenters. The summed E-state index contributed by atoms with van der Waals surface area (Å²) in [6, 6.07) is 0. The zero-order valence-corrected chi connectivity index (χ0v) is 8.17. The van der Waals surface area contributed by atoms with E-state index in [1.165, 1.54) is 19.1 Å². The van der Waals surface area contributed by atoms with Crippen molar-refractivity contribution in [1.82, 2.24) is 0 Å². The first-order chi connectivity index (χ1) is 5.65. The van der Waals surface area contributed by atoms with Crippen molar-refractivity contribution in [2.24, 2.45) is 0 Å². The standard InChI is InChI=1S/C7H14O.HO3P/c1-3-5-6-7-8-4-2;1-4(2)3/h4H,2-3,5-7H2,1H3;(H-,1,2,3)/p+1. The van der Waals surface area contributed by atoms with E-state index >= 15 is 0 Å². The van der Waals surface area contributed by atoms with E-state index in [1.807, 2.05) is 0 Å². The summed E-state index contributed by atoms with van der Waals surface area (Å²) in [5, 5.41) is 0. The van der Waals surface area contributed by atoms with E-state index < -0.39 is 8.25 Å². The third-order valence-corrected chi connectivity index (χ3v) is 0.984. The van der Waals surface area contributed by atoms with Gasteiger partial charge in [-0.1, -0.05) is 26.3 Å². The van der Waals surface area contributed by atoms with Gasteiger partial charge in [-0.25, -0.2) is 0 Å². The monoisotopic (exact) mass is 195 g/mol. The minimum absolute atomic E-state index is 0.831. The molecule has 0 saturated heterocycles. The molecular formula is C7H16O4P+. The highest BCUT2D eigenvalue weighted by atomic mass is 31.1. The van der Waals surface area contributed by atoms with Crippen molar-refractivity contribution >= 4 is 8.25 Å². The first-order valence-corrected chi connectivity index (χ1v) is 4.89. The van der Waals surface area contributed by atoms with E-state index in [1.54, 1.807) is 0 Å². The summed E-state index contributed by atoms with van der Waals surface area (Å²) >= 11 is 0. The molecule has 0 spiro atoms. The summed E-state index contributed by atoms with van der Waals surface area (Å²) in [5.41, 5.74) is 0. The van der Waals surface area contributed by atoms with E-state index in [0.717, 1.165) is 13.0 Å². The van der Waals surface area contributed by atoms with Crippen LogP contribution in [0.4, 0.5) is 0 Å². The molecule has 0 saturated carbocycles. The Bertz CT molecular complexity index is 112. The normalized spacial score (nSPS) is 7.92. The molecule has 0 bridgehead atoms. The van der Waals surface area contributed by atoms with Crippen molar-refractivity contribution in [3.63, 3.8) is 0 Å². The van der Waals surface area contributed by atoms with Crippen molar-refractivity contribution in [2.45, 2.75) is 26.2 Å². The molecule has 0 heterocycles. The third-order valence-electron chi connectivity index (χ3n) is 0.984. The second kappa shape index (κ2) is 13.2. The number of rotatable bonds is 5. The molecule has 72 valence electrons. The quantitative estimate of drug-likeness (QED) is 0.400. The molecule has 12 heavy (non-hydrogen) atoms. The maximum absolute atomic E-state index is 8.70. The van der Waals surface area contributed by atoms with Gasteiger partial charge in [0.05, 0.1) is 12.9 Å². The van der Waals surface area contributed by atoms with Gasteiger partial charge >= 0.3 is 8.25 Å². The van der Waals surface area contributed by atoms with Gasteiger partial charge in [0.25, 0.3) is 0 Å². The maximum atomic E-state index is 8.70. The van der Waals surface area contributed by atoms with E-state index in [0.29, 0.717) is 0 Å². The van der Waals surface area contributed by atoms with Crippen molar-refractivity contribution in [3.8, 4) is 0 Å². The summed E-state index contributed by atoms with van der Waals surface area (Å²) in [7, 11) is -2.87. The molecular weight excluding hydrogens is 179 g/mol. The SMILES string of the molecule is C=COCCCCC.O=[P+](O)O. The minimum atomic E-state index is -2.87. The highest BCUT2D eigenvalue weighted by Gasteiger charge is 1.93. The molecule has 0 aliphatic carbocycles. The van der Waals surface area contributed by atoms with Crippen LogP contribution in [0.25, 0.3) is 0 Å². The predicted octanol–water partition coefficient (Wildman–Crippen LogP) is 1.97. The fourth-order valence-electron chi connectivity index (χ4n) is 0.519. The number of hydrogen-bond acceptors (Lipinski definition) is 2. The average molecular weight is 195 g/mol. The third kappa shape index (κ3) is 33.7. The number of ether oxygens (including phenoxy) is 1. The molecule has 0 amide bonds. The van der Waals surface area contributed by atoms with Crippen LogP contribution in [0.1, 0.15) is 26.2 Å². The zero-order chi connectivity index (χ0) is 9.82. The lowest BCUT2D eigenvalue weighted by molar-refractivity contribution is 0.243. The number of hydrogen-bond donors (Lipinski definition) is 2. The fourth-order valence-corrected chi connectivity index (χ4v) is 0.519. The number of unbranched alkanes of at least 4 members (excludes halogenated alkanes) is 2. The summed E-state index contributed by atoms with van der Waals surface area (Å²) in [4.78, 5) is 14.2. The van der Waals surface area contributed by atoms with Crippen molar-refractivity contribution < 1.29 is 19.1 Å². The Balaban J connectivity index is 0. The summed E-state index contributed by atoms with van der Waals surface area (Å²) in [6.45, 7) is 6.44. The topological polar surface area (TPSA) is 66.8 Å². The molecule has 0 aromatic rings. The zero-order valence-electron chi connectivity index (χ0n) is 7.27. The van der Waals surface area contributed by atoms with Gasteiger partial charge in [0.2, 0.25) is 0 Å². The van der Waals surface area contributed by atoms with E-state index in [-0.39, 0.29) is 0 Å². The van der Waals surface area contributed by atoms with Crippen LogP contribution in [0.15, 0.2) is 12.8 Å². The van der Waals surface area contributed by atoms with Crippen LogP contribution in [0.5, 0.6) is 0 Å². The Morgan fingerprint density at radius 1 is 1.50 bits per heavy atom. The second-order valence-electron chi connectivity index (χ2n) is 2.00. The van der Waals surface area contributed by atoms with E-state index in [9.17, 15) is 0 Å². The van der Waals surface area contributed by atoms with Crippen LogP contribution in [0, 0.1) is 0 Å². The Hall–Kier alpha value is -0.440. The van der Waals surface area contributed by atoms with Crippen molar-refractivity contribution in [1.29, 1.82) is 0 Å². The second-order valence-corrected chi connectivity index (χ2v) is 2.50. The molecule has 0 aromatic carbocycles. The molecule has 4 nitrogen and oxygen atoms in total. The molecule has 0 fully saturated rings. The molecule has 0 radical (unpaired) electrons. The van der Waals surface area contributed by atoms with E-state index in [2.05, 4.69) is 13.5 Å². The van der Waals surface area contributed by atoms with Gasteiger partial charge < -0.3 is 4.74 Å². The highest BCUT2D eigenvalue weighted by molar-refractivity contribution is 7.30. The predicted molar refractivity (Wildman–Crippen MR) is 47.7 cm³/mol. The van der Waals surface area contributed by atoms with Crippen LogP contribution in [-0.4, -0.2) is 16.4 Å². The van der Waals surface area contributed by atoms with Crippen molar-refractivity contribution in [2.75, 3.05) is 6.61 Å². The van der Waals surface area contributed by atoms with E-state index in [4.69, 9.17) is 19.1 Å². The fraction of sp³-hybridized carbons (Fsp3) is 0.714. The Morgan fingerprint density at radius 2 is 2.00 bits per heavy atom. The van der Waals surface area contributed by atoms with Gasteiger partial charge in [-0.2, -0.15) is 0 Å². The van der Waals surface area contributed by atoms with Gasteiger partial charge in [0, 0.05) is 4.57 Å². The molecule has 0 aliphatic rings. The largest absolute Gasteiger partial charge is 0.692 e. The van der Waals surface area contributed by atoms with Gasteiger partial charge in [-0.15, -0.1) is 9.79 Å². The van der Waals surface area contributed by atoms with Gasteiger partial charge in [-0.05, 0) is 6.42 Å². The lowest BCUT2D eigenvalue weighted by atomic mass is 10.3.